The fourth-order valence-electron chi connectivity index (χ4n) is 2.83. The number of ether oxygens (including phenoxy) is 2. The summed E-state index contributed by atoms with van der Waals surface area (Å²) in [4.78, 5) is 13.6. The molecule has 2 aromatic carbocycles. The first-order valence-electron chi connectivity index (χ1n) is 7.96. The van der Waals surface area contributed by atoms with Gasteiger partial charge in [0.25, 0.3) is 0 Å². The minimum Gasteiger partial charge on any atom is -0.441 e. The Kier molecular flexibility index (Phi) is 5.38. The monoisotopic (exact) mass is 345 g/mol. The van der Waals surface area contributed by atoms with Crippen LogP contribution in [0.4, 0.5) is 10.5 Å². The Bertz CT molecular complexity index is 702. The Labute approximate surface area is 146 Å². The van der Waals surface area contributed by atoms with Gasteiger partial charge in [-0.15, -0.1) is 0 Å². The maximum atomic E-state index is 11.9. The molecule has 2 aromatic rings. The van der Waals surface area contributed by atoms with Gasteiger partial charge in [0.05, 0.1) is 13.2 Å². The van der Waals surface area contributed by atoms with Crippen molar-refractivity contribution >= 4 is 23.4 Å². The third-order valence-electron chi connectivity index (χ3n) is 4.07. The van der Waals surface area contributed by atoms with Crippen LogP contribution in [0.3, 0.4) is 0 Å². The van der Waals surface area contributed by atoms with E-state index in [-0.39, 0.29) is 12.2 Å². The van der Waals surface area contributed by atoms with Crippen LogP contribution in [-0.4, -0.2) is 32.5 Å². The lowest BCUT2D eigenvalue weighted by molar-refractivity contribution is 0.0718. The lowest BCUT2D eigenvalue weighted by Crippen LogP contribution is -2.25. The molecule has 1 saturated heterocycles. The van der Waals surface area contributed by atoms with Gasteiger partial charge >= 0.3 is 6.09 Å². The van der Waals surface area contributed by atoms with Crippen LogP contribution in [0.15, 0.2) is 48.5 Å². The molecular formula is C19H20ClNO3. The zero-order chi connectivity index (χ0) is 16.9. The Morgan fingerprint density at radius 3 is 2.62 bits per heavy atom. The Morgan fingerprint density at radius 2 is 1.92 bits per heavy atom. The first-order chi connectivity index (χ1) is 11.7. The van der Waals surface area contributed by atoms with E-state index in [0.717, 1.165) is 23.6 Å². The molecule has 126 valence electrons. The van der Waals surface area contributed by atoms with E-state index in [1.807, 2.05) is 30.3 Å². The second-order valence-corrected chi connectivity index (χ2v) is 6.30. The molecule has 0 N–H and O–H groups in total. The minimum atomic E-state index is -0.316. The molecule has 0 saturated carbocycles. The number of cyclic esters (lactones) is 1. The molecule has 1 atom stereocenters. The second kappa shape index (κ2) is 7.69. The second-order valence-electron chi connectivity index (χ2n) is 5.87. The average Bonchev–Trinajstić information content (AvgIpc) is 2.94. The van der Waals surface area contributed by atoms with Crippen LogP contribution in [0, 0.1) is 0 Å². The molecule has 5 heteroatoms. The number of aryl methyl sites for hydroxylation is 2. The van der Waals surface area contributed by atoms with E-state index < -0.39 is 0 Å². The zero-order valence-corrected chi connectivity index (χ0v) is 14.3. The molecule has 1 heterocycles. The van der Waals surface area contributed by atoms with Gasteiger partial charge in [0.1, 0.15) is 6.10 Å². The van der Waals surface area contributed by atoms with Crippen LogP contribution < -0.4 is 4.90 Å². The molecule has 4 nitrogen and oxygen atoms in total. The topological polar surface area (TPSA) is 38.8 Å². The summed E-state index contributed by atoms with van der Waals surface area (Å²) in [5.41, 5.74) is 3.29. The molecule has 1 fully saturated rings. The highest BCUT2D eigenvalue weighted by Crippen LogP contribution is 2.23. The number of nitrogens with zero attached hydrogens (tertiary/aromatic N) is 1. The van der Waals surface area contributed by atoms with E-state index in [9.17, 15) is 4.79 Å². The lowest BCUT2D eigenvalue weighted by atomic mass is 10.0. The van der Waals surface area contributed by atoms with E-state index in [2.05, 4.69) is 18.2 Å². The van der Waals surface area contributed by atoms with Gasteiger partial charge in [-0.3, -0.25) is 4.90 Å². The normalized spacial score (nSPS) is 17.2. The summed E-state index contributed by atoms with van der Waals surface area (Å²) in [7, 11) is 1.60. The number of carbonyl (C=O) groups is 1. The van der Waals surface area contributed by atoms with Gasteiger partial charge in [-0.05, 0) is 48.2 Å². The Balaban J connectivity index is 1.60. The molecule has 0 radical (unpaired) electrons. The van der Waals surface area contributed by atoms with Crippen molar-refractivity contribution in [2.45, 2.75) is 18.9 Å². The van der Waals surface area contributed by atoms with Crippen molar-refractivity contribution in [2.24, 2.45) is 0 Å². The van der Waals surface area contributed by atoms with Crippen molar-refractivity contribution < 1.29 is 14.3 Å². The third kappa shape index (κ3) is 4.08. The van der Waals surface area contributed by atoms with E-state index in [0.29, 0.717) is 13.2 Å². The first kappa shape index (κ1) is 16.8. The number of rotatable bonds is 6. The predicted molar refractivity (Wildman–Crippen MR) is 94.8 cm³/mol. The van der Waals surface area contributed by atoms with Crippen molar-refractivity contribution in [1.82, 2.24) is 0 Å². The third-order valence-corrected chi connectivity index (χ3v) is 4.30. The summed E-state index contributed by atoms with van der Waals surface area (Å²) in [5, 5.41) is 0.765. The highest BCUT2D eigenvalue weighted by Gasteiger charge is 2.32. The molecule has 1 aliphatic heterocycles. The molecular weight excluding hydrogens is 326 g/mol. The molecule has 1 unspecified atom stereocenters. The molecule has 3 rings (SSSR count). The largest absolute Gasteiger partial charge is 0.441 e. The van der Waals surface area contributed by atoms with Gasteiger partial charge in [0, 0.05) is 17.8 Å². The lowest BCUT2D eigenvalue weighted by Gasteiger charge is -2.13. The van der Waals surface area contributed by atoms with Crippen molar-refractivity contribution in [3.8, 4) is 0 Å². The number of carbonyl (C=O) groups excluding carboxylic acids is 1. The smallest absolute Gasteiger partial charge is 0.414 e. The predicted octanol–water partition coefficient (Wildman–Crippen LogP) is 4.10. The van der Waals surface area contributed by atoms with E-state index in [4.69, 9.17) is 21.1 Å². The van der Waals surface area contributed by atoms with Crippen molar-refractivity contribution in [3.63, 3.8) is 0 Å². The summed E-state index contributed by atoms with van der Waals surface area (Å²) in [5.74, 6) is 0. The molecule has 1 aliphatic rings. The SMILES string of the molecule is COCC1CN(c2ccc(CCc3cccc(Cl)c3)cc2)C(=O)O1. The average molecular weight is 346 g/mol. The summed E-state index contributed by atoms with van der Waals surface area (Å²) < 4.78 is 10.3. The van der Waals surface area contributed by atoms with Gasteiger partial charge < -0.3 is 9.47 Å². The standard InChI is InChI=1S/C19H20ClNO3/c1-23-13-18-12-21(19(22)24-18)17-9-7-14(8-10-17)5-6-15-3-2-4-16(20)11-15/h2-4,7-11,18H,5-6,12-13H2,1H3. The number of anilines is 1. The quantitative estimate of drug-likeness (QED) is 0.791. The number of hydrogen-bond acceptors (Lipinski definition) is 3. The molecule has 0 aliphatic carbocycles. The molecule has 1 amide bonds. The maximum absolute atomic E-state index is 11.9. The van der Waals surface area contributed by atoms with Gasteiger partial charge in [-0.2, -0.15) is 0 Å². The molecule has 24 heavy (non-hydrogen) atoms. The summed E-state index contributed by atoms with van der Waals surface area (Å²) in [6.07, 6.45) is 1.34. The van der Waals surface area contributed by atoms with Crippen molar-refractivity contribution in [1.29, 1.82) is 0 Å². The Hall–Kier alpha value is -2.04. The highest BCUT2D eigenvalue weighted by atomic mass is 35.5. The highest BCUT2D eigenvalue weighted by molar-refractivity contribution is 6.30. The number of amides is 1. The van der Waals surface area contributed by atoms with Crippen LogP contribution in [0.5, 0.6) is 0 Å². The minimum absolute atomic E-state index is 0.204. The molecule has 0 spiro atoms. The van der Waals surface area contributed by atoms with Gasteiger partial charge in [0.2, 0.25) is 0 Å². The van der Waals surface area contributed by atoms with Crippen molar-refractivity contribution in [3.05, 3.63) is 64.7 Å². The summed E-state index contributed by atoms with van der Waals surface area (Å²) in [6, 6.07) is 16.0. The van der Waals surface area contributed by atoms with Crippen LogP contribution in [0.25, 0.3) is 0 Å². The maximum Gasteiger partial charge on any atom is 0.414 e. The first-order valence-corrected chi connectivity index (χ1v) is 8.34. The van der Waals surface area contributed by atoms with Crippen LogP contribution in [-0.2, 0) is 22.3 Å². The number of halogens is 1. The van der Waals surface area contributed by atoms with Crippen LogP contribution in [0.2, 0.25) is 5.02 Å². The molecule has 0 aromatic heterocycles. The number of hydrogen-bond donors (Lipinski definition) is 0. The van der Waals surface area contributed by atoms with Gasteiger partial charge in [-0.1, -0.05) is 35.9 Å². The number of benzene rings is 2. The van der Waals surface area contributed by atoms with Crippen molar-refractivity contribution in [2.75, 3.05) is 25.2 Å². The summed E-state index contributed by atoms with van der Waals surface area (Å²) >= 11 is 6.01. The van der Waals surface area contributed by atoms with E-state index in [1.54, 1.807) is 12.0 Å². The molecule has 0 bridgehead atoms. The fraction of sp³-hybridized carbons (Fsp3) is 0.316. The Morgan fingerprint density at radius 1 is 1.17 bits per heavy atom. The van der Waals surface area contributed by atoms with E-state index in [1.165, 1.54) is 11.1 Å². The van der Waals surface area contributed by atoms with Gasteiger partial charge in [0.15, 0.2) is 0 Å². The summed E-state index contributed by atoms with van der Waals surface area (Å²) in [6.45, 7) is 0.939. The van der Waals surface area contributed by atoms with E-state index >= 15 is 0 Å². The van der Waals surface area contributed by atoms with Crippen LogP contribution >= 0.6 is 11.6 Å². The zero-order valence-electron chi connectivity index (χ0n) is 13.6. The van der Waals surface area contributed by atoms with Crippen LogP contribution in [0.1, 0.15) is 11.1 Å². The van der Waals surface area contributed by atoms with Gasteiger partial charge in [-0.25, -0.2) is 4.79 Å². The number of methoxy groups -OCH3 is 1. The fourth-order valence-corrected chi connectivity index (χ4v) is 3.04.